The lowest BCUT2D eigenvalue weighted by Crippen LogP contribution is -2.55. The van der Waals surface area contributed by atoms with Gasteiger partial charge in [0.25, 0.3) is 0 Å². The first-order valence-corrected chi connectivity index (χ1v) is 11.6. The summed E-state index contributed by atoms with van der Waals surface area (Å²) in [5.74, 6) is 1.54. The fourth-order valence-corrected chi connectivity index (χ4v) is 7.68. The SMILES string of the molecule is C[C@@]12C(n3cnc4ccccc43)=CCC1C1CC=C3CC(O)CC[C@]3(C)C1CC2O. The van der Waals surface area contributed by atoms with Crippen molar-refractivity contribution in [3.8, 4) is 0 Å². The first kappa shape index (κ1) is 18.8. The van der Waals surface area contributed by atoms with Crippen LogP contribution >= 0.6 is 0 Å². The molecular weight excluding hydrogens is 372 g/mol. The Morgan fingerprint density at radius 2 is 1.90 bits per heavy atom. The lowest BCUT2D eigenvalue weighted by Gasteiger charge is -2.59. The van der Waals surface area contributed by atoms with E-state index in [-0.39, 0.29) is 23.0 Å². The average Bonchev–Trinajstić information content (AvgIpc) is 3.31. The van der Waals surface area contributed by atoms with E-state index in [0.29, 0.717) is 17.8 Å². The highest BCUT2D eigenvalue weighted by atomic mass is 16.3. The molecule has 1 aromatic heterocycles. The van der Waals surface area contributed by atoms with Gasteiger partial charge in [-0.2, -0.15) is 0 Å². The van der Waals surface area contributed by atoms with Crippen LogP contribution in [0.3, 0.4) is 0 Å². The van der Waals surface area contributed by atoms with E-state index in [1.54, 1.807) is 0 Å². The number of hydrogen-bond acceptors (Lipinski definition) is 3. The molecule has 4 aliphatic carbocycles. The van der Waals surface area contributed by atoms with Gasteiger partial charge in [-0.1, -0.05) is 43.7 Å². The van der Waals surface area contributed by atoms with E-state index >= 15 is 0 Å². The third-order valence-electron chi connectivity index (χ3n) is 9.44. The van der Waals surface area contributed by atoms with Crippen molar-refractivity contribution in [1.82, 2.24) is 9.55 Å². The molecule has 0 amide bonds. The summed E-state index contributed by atoms with van der Waals surface area (Å²) < 4.78 is 2.22. The molecule has 30 heavy (non-hydrogen) atoms. The van der Waals surface area contributed by atoms with E-state index in [9.17, 15) is 10.2 Å². The molecule has 2 fully saturated rings. The number of para-hydroxylation sites is 2. The molecule has 158 valence electrons. The Morgan fingerprint density at radius 1 is 1.07 bits per heavy atom. The maximum atomic E-state index is 11.6. The van der Waals surface area contributed by atoms with E-state index in [1.807, 2.05) is 12.4 Å². The van der Waals surface area contributed by atoms with E-state index in [2.05, 4.69) is 53.7 Å². The summed E-state index contributed by atoms with van der Waals surface area (Å²) in [5, 5.41) is 21.9. The highest BCUT2D eigenvalue weighted by Gasteiger charge is 2.60. The Balaban J connectivity index is 1.40. The van der Waals surface area contributed by atoms with Crippen LogP contribution in [0.1, 0.15) is 52.4 Å². The number of aliphatic hydroxyl groups is 2. The van der Waals surface area contributed by atoms with Gasteiger partial charge in [-0.25, -0.2) is 4.98 Å². The maximum absolute atomic E-state index is 11.6. The van der Waals surface area contributed by atoms with Crippen molar-refractivity contribution < 1.29 is 10.2 Å². The monoisotopic (exact) mass is 404 g/mol. The summed E-state index contributed by atoms with van der Waals surface area (Å²) in [5.41, 5.74) is 4.69. The Labute approximate surface area is 178 Å². The minimum absolute atomic E-state index is 0.134. The van der Waals surface area contributed by atoms with Gasteiger partial charge in [0.2, 0.25) is 0 Å². The summed E-state index contributed by atoms with van der Waals surface area (Å²) in [6.07, 6.45) is 11.9. The Kier molecular flexibility index (Phi) is 3.96. The lowest BCUT2D eigenvalue weighted by molar-refractivity contribution is -0.0967. The molecule has 0 bridgehead atoms. The quantitative estimate of drug-likeness (QED) is 0.673. The normalized spacial score (nSPS) is 42.9. The van der Waals surface area contributed by atoms with Crippen molar-refractivity contribution in [2.24, 2.45) is 28.6 Å². The van der Waals surface area contributed by atoms with Crippen LogP contribution in [0, 0.1) is 28.6 Å². The van der Waals surface area contributed by atoms with E-state index in [1.165, 1.54) is 11.3 Å². The van der Waals surface area contributed by atoms with Gasteiger partial charge < -0.3 is 14.8 Å². The Bertz CT molecular complexity index is 1070. The molecule has 1 heterocycles. The van der Waals surface area contributed by atoms with Gasteiger partial charge in [0.05, 0.1) is 23.2 Å². The number of nitrogens with zero attached hydrogens (tertiary/aromatic N) is 2. The molecule has 4 aliphatic rings. The topological polar surface area (TPSA) is 58.3 Å². The smallest absolute Gasteiger partial charge is 0.100 e. The Hall–Kier alpha value is -1.91. The third-order valence-corrected chi connectivity index (χ3v) is 9.44. The molecule has 2 aromatic rings. The highest BCUT2D eigenvalue weighted by Crippen LogP contribution is 2.65. The molecule has 4 heteroatoms. The van der Waals surface area contributed by atoms with Crippen LogP contribution < -0.4 is 0 Å². The number of hydrogen-bond donors (Lipinski definition) is 2. The first-order valence-electron chi connectivity index (χ1n) is 11.6. The summed E-state index contributed by atoms with van der Waals surface area (Å²) in [6, 6.07) is 8.28. The zero-order chi connectivity index (χ0) is 20.7. The van der Waals surface area contributed by atoms with Crippen LogP contribution in [0.25, 0.3) is 16.7 Å². The van der Waals surface area contributed by atoms with E-state index < -0.39 is 0 Å². The number of allylic oxidation sites excluding steroid dienone is 2. The predicted octanol–water partition coefficient (Wildman–Crippen LogP) is 4.78. The van der Waals surface area contributed by atoms with Crippen molar-refractivity contribution in [3.05, 3.63) is 48.3 Å². The molecule has 0 spiro atoms. The van der Waals surface area contributed by atoms with Crippen LogP contribution in [0.15, 0.2) is 48.3 Å². The zero-order valence-corrected chi connectivity index (χ0v) is 18.0. The van der Waals surface area contributed by atoms with Crippen molar-refractivity contribution in [3.63, 3.8) is 0 Å². The van der Waals surface area contributed by atoms with Crippen molar-refractivity contribution >= 4 is 16.7 Å². The largest absolute Gasteiger partial charge is 0.393 e. The van der Waals surface area contributed by atoms with Crippen LogP contribution in [-0.2, 0) is 0 Å². The zero-order valence-electron chi connectivity index (χ0n) is 18.0. The first-order chi connectivity index (χ1) is 14.4. The molecule has 0 saturated heterocycles. The minimum Gasteiger partial charge on any atom is -0.393 e. The summed E-state index contributed by atoms with van der Waals surface area (Å²) >= 11 is 0. The maximum Gasteiger partial charge on any atom is 0.100 e. The number of imidazole rings is 1. The highest BCUT2D eigenvalue weighted by molar-refractivity contribution is 5.80. The number of aromatic nitrogens is 2. The molecule has 1 aromatic carbocycles. The number of aliphatic hydroxyl groups excluding tert-OH is 2. The van der Waals surface area contributed by atoms with Crippen LogP contribution in [0.4, 0.5) is 0 Å². The fraction of sp³-hybridized carbons (Fsp3) is 0.577. The third kappa shape index (κ3) is 2.32. The molecule has 7 atom stereocenters. The number of rotatable bonds is 1. The molecule has 4 nitrogen and oxygen atoms in total. The molecule has 2 saturated carbocycles. The van der Waals surface area contributed by atoms with Gasteiger partial charge in [0.15, 0.2) is 0 Å². The minimum atomic E-state index is -0.360. The predicted molar refractivity (Wildman–Crippen MR) is 118 cm³/mol. The lowest BCUT2D eigenvalue weighted by atomic mass is 9.47. The van der Waals surface area contributed by atoms with E-state index in [0.717, 1.165) is 49.6 Å². The summed E-state index contributed by atoms with van der Waals surface area (Å²) in [6.45, 7) is 4.70. The molecule has 6 rings (SSSR count). The van der Waals surface area contributed by atoms with Crippen LogP contribution in [-0.4, -0.2) is 32.0 Å². The molecular formula is C26H32N2O2. The van der Waals surface area contributed by atoms with Crippen LogP contribution in [0.2, 0.25) is 0 Å². The standard InChI is InChI=1S/C26H32N2O2/c1-25-12-11-17(29)13-16(25)7-8-18-19-9-10-23(26(19,2)24(30)14-20(18)25)28-15-27-21-5-3-4-6-22(21)28/h3-7,10,15,17-20,24,29-30H,8-9,11-14H2,1-2H3/t17?,18?,19?,20?,24?,25-,26-/m0/s1. The second-order valence-electron chi connectivity index (χ2n) is 10.6. The van der Waals surface area contributed by atoms with Crippen molar-refractivity contribution in [1.29, 1.82) is 0 Å². The second-order valence-corrected chi connectivity index (χ2v) is 10.6. The Morgan fingerprint density at radius 3 is 2.77 bits per heavy atom. The molecule has 0 radical (unpaired) electrons. The van der Waals surface area contributed by atoms with Gasteiger partial charge in [-0.05, 0) is 73.8 Å². The van der Waals surface area contributed by atoms with Gasteiger partial charge >= 0.3 is 0 Å². The van der Waals surface area contributed by atoms with Crippen LogP contribution in [0.5, 0.6) is 0 Å². The second kappa shape index (κ2) is 6.30. The number of fused-ring (bicyclic) bond motifs is 6. The summed E-state index contributed by atoms with van der Waals surface area (Å²) in [7, 11) is 0. The van der Waals surface area contributed by atoms with Gasteiger partial charge in [-0.15, -0.1) is 0 Å². The van der Waals surface area contributed by atoms with Gasteiger partial charge in [0.1, 0.15) is 6.33 Å². The van der Waals surface area contributed by atoms with Gasteiger partial charge in [0, 0.05) is 11.1 Å². The van der Waals surface area contributed by atoms with Crippen molar-refractivity contribution in [2.75, 3.05) is 0 Å². The van der Waals surface area contributed by atoms with E-state index in [4.69, 9.17) is 0 Å². The van der Waals surface area contributed by atoms with Gasteiger partial charge in [-0.3, -0.25) is 0 Å². The van der Waals surface area contributed by atoms with Crippen molar-refractivity contribution in [2.45, 2.75) is 64.6 Å². The average molecular weight is 405 g/mol. The molecule has 2 N–H and O–H groups in total. The molecule has 0 aliphatic heterocycles. The number of benzene rings is 1. The summed E-state index contributed by atoms with van der Waals surface area (Å²) in [4.78, 5) is 4.62. The fourth-order valence-electron chi connectivity index (χ4n) is 7.68. The molecule has 5 unspecified atom stereocenters.